The van der Waals surface area contributed by atoms with Crippen LogP contribution < -0.4 is 4.90 Å². The molecule has 0 unspecified atom stereocenters. The lowest BCUT2D eigenvalue weighted by molar-refractivity contribution is -0.384. The highest BCUT2D eigenvalue weighted by Gasteiger charge is 2.26. The van der Waals surface area contributed by atoms with Gasteiger partial charge in [0.2, 0.25) is 0 Å². The van der Waals surface area contributed by atoms with Gasteiger partial charge < -0.3 is 9.80 Å². The van der Waals surface area contributed by atoms with E-state index in [1.807, 2.05) is 7.05 Å². The van der Waals surface area contributed by atoms with Gasteiger partial charge in [-0.1, -0.05) is 11.6 Å². The second-order valence-corrected chi connectivity index (χ2v) is 6.81. The number of aryl methyl sites for hydroxylation is 1. The summed E-state index contributed by atoms with van der Waals surface area (Å²) in [6.07, 6.45) is 3.24. The number of nitro groups is 1. The molecule has 3 heterocycles. The number of piperazine rings is 1. The van der Waals surface area contributed by atoms with Gasteiger partial charge in [0.25, 0.3) is 11.6 Å². The standard InChI is InChI=1S/C17H16ClN7O3/c1-22-15-13(9-21-22)16(20-10-19-15)23-4-6-24(7-5-23)17(26)12-3-2-11(25(27)28)8-14(12)18/h2-3,8-10H,4-7H2,1H3. The molecular weight excluding hydrogens is 386 g/mol. The lowest BCUT2D eigenvalue weighted by Gasteiger charge is -2.35. The molecule has 0 radical (unpaired) electrons. The average molecular weight is 402 g/mol. The third kappa shape index (κ3) is 3.11. The van der Waals surface area contributed by atoms with Crippen LogP contribution >= 0.6 is 11.6 Å². The average Bonchev–Trinajstić information content (AvgIpc) is 3.08. The monoisotopic (exact) mass is 401 g/mol. The Morgan fingerprint density at radius 1 is 1.21 bits per heavy atom. The number of hydrogen-bond donors (Lipinski definition) is 0. The zero-order valence-corrected chi connectivity index (χ0v) is 15.7. The number of nitro benzene ring substituents is 1. The Hall–Kier alpha value is -3.27. The van der Waals surface area contributed by atoms with Crippen LogP contribution in [0.25, 0.3) is 11.0 Å². The maximum absolute atomic E-state index is 12.8. The van der Waals surface area contributed by atoms with Crippen molar-refractivity contribution < 1.29 is 9.72 Å². The fraction of sp³-hybridized carbons (Fsp3) is 0.294. The summed E-state index contributed by atoms with van der Waals surface area (Å²) < 4.78 is 1.69. The Labute approximate surface area is 164 Å². The van der Waals surface area contributed by atoms with Gasteiger partial charge in [-0.25, -0.2) is 9.97 Å². The van der Waals surface area contributed by atoms with Gasteiger partial charge in [-0.2, -0.15) is 5.10 Å². The zero-order valence-electron chi connectivity index (χ0n) is 14.9. The van der Waals surface area contributed by atoms with Crippen LogP contribution in [-0.4, -0.2) is 61.7 Å². The summed E-state index contributed by atoms with van der Waals surface area (Å²) in [5, 5.41) is 16.0. The molecule has 1 aromatic carbocycles. The molecule has 1 aliphatic rings. The van der Waals surface area contributed by atoms with Crippen LogP contribution in [0, 0.1) is 10.1 Å². The quantitative estimate of drug-likeness (QED) is 0.486. The molecule has 28 heavy (non-hydrogen) atoms. The maximum Gasteiger partial charge on any atom is 0.270 e. The Balaban J connectivity index is 1.49. The van der Waals surface area contributed by atoms with E-state index in [1.165, 1.54) is 24.5 Å². The van der Waals surface area contributed by atoms with Crippen LogP contribution in [0.15, 0.2) is 30.7 Å². The number of halogens is 1. The van der Waals surface area contributed by atoms with E-state index in [-0.39, 0.29) is 22.2 Å². The molecule has 1 fully saturated rings. The first kappa shape index (κ1) is 18.1. The molecule has 0 saturated carbocycles. The number of non-ortho nitro benzene ring substituents is 1. The second-order valence-electron chi connectivity index (χ2n) is 6.40. The van der Waals surface area contributed by atoms with Crippen LogP contribution in [0.4, 0.5) is 11.5 Å². The SMILES string of the molecule is Cn1ncc2c(N3CCN(C(=O)c4ccc([N+](=O)[O-])cc4Cl)CC3)ncnc21. The van der Waals surface area contributed by atoms with Gasteiger partial charge in [0, 0.05) is 45.4 Å². The van der Waals surface area contributed by atoms with Gasteiger partial charge in [-0.05, 0) is 6.07 Å². The van der Waals surface area contributed by atoms with Crippen molar-refractivity contribution in [2.24, 2.45) is 7.05 Å². The van der Waals surface area contributed by atoms with E-state index >= 15 is 0 Å². The molecule has 3 aromatic rings. The van der Waals surface area contributed by atoms with Gasteiger partial charge in [0.15, 0.2) is 5.65 Å². The van der Waals surface area contributed by atoms with Gasteiger partial charge in [-0.15, -0.1) is 0 Å². The number of aromatic nitrogens is 4. The molecule has 0 N–H and O–H groups in total. The Kier molecular flexibility index (Phi) is 4.55. The van der Waals surface area contributed by atoms with Crippen molar-refractivity contribution in [2.75, 3.05) is 31.1 Å². The van der Waals surface area contributed by atoms with E-state index in [0.717, 1.165) is 16.9 Å². The molecule has 1 amide bonds. The Morgan fingerprint density at radius 2 is 1.96 bits per heavy atom. The minimum Gasteiger partial charge on any atom is -0.352 e. The van der Waals surface area contributed by atoms with Crippen LogP contribution in [0.5, 0.6) is 0 Å². The fourth-order valence-corrected chi connectivity index (χ4v) is 3.54. The third-order valence-electron chi connectivity index (χ3n) is 4.77. The zero-order chi connectivity index (χ0) is 19.8. The second kappa shape index (κ2) is 7.04. The van der Waals surface area contributed by atoms with Crippen LogP contribution in [0.2, 0.25) is 5.02 Å². The first-order valence-corrected chi connectivity index (χ1v) is 8.94. The minimum absolute atomic E-state index is 0.0782. The van der Waals surface area contributed by atoms with E-state index in [4.69, 9.17) is 11.6 Å². The van der Waals surface area contributed by atoms with Gasteiger partial charge in [0.1, 0.15) is 12.1 Å². The van der Waals surface area contributed by atoms with E-state index in [1.54, 1.807) is 15.8 Å². The summed E-state index contributed by atoms with van der Waals surface area (Å²) in [7, 11) is 1.82. The number of carbonyl (C=O) groups is 1. The number of hydrogen-bond acceptors (Lipinski definition) is 7. The highest BCUT2D eigenvalue weighted by molar-refractivity contribution is 6.34. The normalized spacial score (nSPS) is 14.5. The first-order chi connectivity index (χ1) is 13.5. The molecule has 1 saturated heterocycles. The van der Waals surface area contributed by atoms with Gasteiger partial charge in [0.05, 0.1) is 27.1 Å². The van der Waals surface area contributed by atoms with Crippen molar-refractivity contribution in [3.05, 3.63) is 51.4 Å². The number of anilines is 1. The largest absolute Gasteiger partial charge is 0.352 e. The smallest absolute Gasteiger partial charge is 0.270 e. The molecule has 0 atom stereocenters. The lowest BCUT2D eigenvalue weighted by atomic mass is 10.1. The number of nitrogens with zero attached hydrogens (tertiary/aromatic N) is 7. The van der Waals surface area contributed by atoms with Crippen molar-refractivity contribution in [3.8, 4) is 0 Å². The highest BCUT2D eigenvalue weighted by atomic mass is 35.5. The molecule has 0 bridgehead atoms. The molecule has 0 aliphatic carbocycles. The first-order valence-electron chi connectivity index (χ1n) is 8.56. The molecule has 0 spiro atoms. The van der Waals surface area contributed by atoms with Crippen molar-refractivity contribution in [3.63, 3.8) is 0 Å². The van der Waals surface area contributed by atoms with Crippen molar-refractivity contribution >= 4 is 40.0 Å². The number of benzene rings is 1. The van der Waals surface area contributed by atoms with E-state index in [2.05, 4.69) is 20.0 Å². The molecule has 2 aromatic heterocycles. The predicted octanol–water partition coefficient (Wildman–Crippen LogP) is 1.89. The minimum atomic E-state index is -0.542. The van der Waals surface area contributed by atoms with Crippen LogP contribution in [-0.2, 0) is 7.05 Å². The summed E-state index contributed by atoms with van der Waals surface area (Å²) in [5.41, 5.74) is 0.870. The lowest BCUT2D eigenvalue weighted by Crippen LogP contribution is -2.49. The van der Waals surface area contributed by atoms with Crippen molar-refractivity contribution in [2.45, 2.75) is 0 Å². The van der Waals surface area contributed by atoms with Crippen molar-refractivity contribution in [1.82, 2.24) is 24.6 Å². The number of fused-ring (bicyclic) bond motifs is 1. The molecule has 1 aliphatic heterocycles. The predicted molar refractivity (Wildman–Crippen MR) is 103 cm³/mol. The number of rotatable bonds is 3. The molecule has 10 nitrogen and oxygen atoms in total. The molecule has 11 heteroatoms. The molecule has 144 valence electrons. The van der Waals surface area contributed by atoms with Gasteiger partial charge in [-0.3, -0.25) is 19.6 Å². The number of amides is 1. The topological polar surface area (TPSA) is 110 Å². The molecular formula is C17H16ClN7O3. The van der Waals surface area contributed by atoms with E-state index in [0.29, 0.717) is 26.2 Å². The van der Waals surface area contributed by atoms with Crippen LogP contribution in [0.3, 0.4) is 0 Å². The van der Waals surface area contributed by atoms with Crippen molar-refractivity contribution in [1.29, 1.82) is 0 Å². The van der Waals surface area contributed by atoms with E-state index < -0.39 is 4.92 Å². The summed E-state index contributed by atoms with van der Waals surface area (Å²) in [5.74, 6) is 0.548. The maximum atomic E-state index is 12.8. The third-order valence-corrected chi connectivity index (χ3v) is 5.08. The fourth-order valence-electron chi connectivity index (χ4n) is 3.28. The summed E-state index contributed by atoms with van der Waals surface area (Å²) in [6, 6.07) is 3.89. The van der Waals surface area contributed by atoms with Gasteiger partial charge >= 0.3 is 0 Å². The summed E-state index contributed by atoms with van der Waals surface area (Å²) >= 11 is 6.09. The summed E-state index contributed by atoms with van der Waals surface area (Å²) in [4.78, 5) is 35.5. The summed E-state index contributed by atoms with van der Waals surface area (Å²) in [6.45, 7) is 2.16. The highest BCUT2D eigenvalue weighted by Crippen LogP contribution is 2.26. The Bertz CT molecular complexity index is 1080. The molecule has 4 rings (SSSR count). The van der Waals surface area contributed by atoms with E-state index in [9.17, 15) is 14.9 Å². The Morgan fingerprint density at radius 3 is 2.64 bits per heavy atom. The number of carbonyl (C=O) groups excluding carboxylic acids is 1. The van der Waals surface area contributed by atoms with Crippen LogP contribution in [0.1, 0.15) is 10.4 Å².